The van der Waals surface area contributed by atoms with E-state index < -0.39 is 72.4 Å². The topological polar surface area (TPSA) is 23.1 Å². The molecular formula is C13H15F14NO. The van der Waals surface area contributed by atoms with Crippen LogP contribution in [0.15, 0.2) is 0 Å². The summed E-state index contributed by atoms with van der Waals surface area (Å²) < 4.78 is 178. The minimum absolute atomic E-state index is 0.712. The number of hydroxylamine groups is 3. The molecule has 0 radical (unpaired) electrons. The maximum absolute atomic E-state index is 13.8. The molecule has 2 nitrogen and oxygen atoms in total. The molecule has 0 aliphatic carbocycles. The van der Waals surface area contributed by atoms with E-state index in [1.807, 2.05) is 0 Å². The van der Waals surface area contributed by atoms with Crippen molar-refractivity contribution in [2.24, 2.45) is 5.92 Å². The molecule has 0 saturated carbocycles. The maximum atomic E-state index is 13.8. The highest BCUT2D eigenvalue weighted by atomic mass is 19.4. The van der Waals surface area contributed by atoms with Gasteiger partial charge in [-0.25, -0.2) is 8.78 Å². The second-order valence-electron chi connectivity index (χ2n) is 6.95. The molecule has 0 heterocycles. The lowest BCUT2D eigenvalue weighted by atomic mass is 9.81. The number of halogens is 14. The van der Waals surface area contributed by atoms with Crippen molar-refractivity contribution in [2.45, 2.75) is 55.3 Å². The Labute approximate surface area is 154 Å². The monoisotopic (exact) mass is 467 g/mol. The summed E-state index contributed by atoms with van der Waals surface area (Å²) in [5.41, 5.74) is -12.4. The highest BCUT2D eigenvalue weighted by molar-refractivity contribution is 5.01. The number of hydrogen-bond acceptors (Lipinski definition) is 1. The summed E-state index contributed by atoms with van der Waals surface area (Å²) in [4.78, 5) is 0. The van der Waals surface area contributed by atoms with E-state index in [1.165, 1.54) is 0 Å². The normalized spacial score (nSPS) is 15.9. The summed E-state index contributed by atoms with van der Waals surface area (Å²) in [6.45, 7) is -1.11. The Morgan fingerprint density at radius 1 is 0.586 bits per heavy atom. The van der Waals surface area contributed by atoms with E-state index in [0.717, 1.165) is 0 Å². The molecule has 0 amide bonds. The van der Waals surface area contributed by atoms with Crippen LogP contribution in [0.25, 0.3) is 0 Å². The molecule has 0 saturated heterocycles. The van der Waals surface area contributed by atoms with Crippen LogP contribution >= 0.6 is 0 Å². The Morgan fingerprint density at radius 3 is 1.00 bits per heavy atom. The fourth-order valence-corrected chi connectivity index (χ4v) is 2.35. The Morgan fingerprint density at radius 2 is 0.828 bits per heavy atom. The average Bonchev–Trinajstić information content (AvgIpc) is 2.38. The zero-order valence-electron chi connectivity index (χ0n) is 14.6. The van der Waals surface area contributed by atoms with E-state index in [9.17, 15) is 66.7 Å². The van der Waals surface area contributed by atoms with Crippen molar-refractivity contribution in [1.29, 1.82) is 0 Å². The lowest BCUT2D eigenvalue weighted by molar-refractivity contribution is -0.840. The van der Waals surface area contributed by atoms with Gasteiger partial charge >= 0.3 is 24.7 Å². The summed E-state index contributed by atoms with van der Waals surface area (Å²) in [5, 5.41) is 11.4. The first-order valence-electron chi connectivity index (χ1n) is 7.47. The van der Waals surface area contributed by atoms with Crippen LogP contribution < -0.4 is 0 Å². The Kier molecular flexibility index (Phi) is 7.60. The van der Waals surface area contributed by atoms with Crippen LogP contribution in [0.4, 0.5) is 61.5 Å². The van der Waals surface area contributed by atoms with Gasteiger partial charge in [0.2, 0.25) is 0 Å². The van der Waals surface area contributed by atoms with Crippen LogP contribution in [-0.2, 0) is 0 Å². The highest BCUT2D eigenvalue weighted by Gasteiger charge is 2.75. The van der Waals surface area contributed by atoms with Gasteiger partial charge in [0.15, 0.2) is 0 Å². The van der Waals surface area contributed by atoms with Gasteiger partial charge in [-0.3, -0.25) is 0 Å². The van der Waals surface area contributed by atoms with Crippen LogP contribution in [0.2, 0.25) is 0 Å². The van der Waals surface area contributed by atoms with E-state index in [0.29, 0.717) is 14.1 Å². The predicted octanol–water partition coefficient (Wildman–Crippen LogP) is 6.01. The molecule has 0 bridgehead atoms. The van der Waals surface area contributed by atoms with Crippen molar-refractivity contribution in [1.82, 2.24) is 0 Å². The number of alkyl halides is 14. The summed E-state index contributed by atoms with van der Waals surface area (Å²) in [5.74, 6) is -3.09. The van der Waals surface area contributed by atoms with Crippen molar-refractivity contribution < 1.29 is 66.1 Å². The van der Waals surface area contributed by atoms with Gasteiger partial charge in [-0.2, -0.15) is 52.7 Å². The van der Waals surface area contributed by atoms with Crippen LogP contribution in [0.1, 0.15) is 19.3 Å². The van der Waals surface area contributed by atoms with Crippen molar-refractivity contribution >= 4 is 0 Å². The van der Waals surface area contributed by atoms with Gasteiger partial charge in [-0.1, -0.05) is 0 Å². The number of rotatable bonds is 7. The van der Waals surface area contributed by atoms with Crippen LogP contribution in [0, 0.1) is 11.1 Å². The number of nitrogens with zero attached hydrogens (tertiary/aromatic N) is 1. The van der Waals surface area contributed by atoms with E-state index in [2.05, 4.69) is 0 Å². The van der Waals surface area contributed by atoms with Crippen molar-refractivity contribution in [3.8, 4) is 0 Å². The minimum Gasteiger partial charge on any atom is -0.633 e. The molecule has 0 unspecified atom stereocenters. The summed E-state index contributed by atoms with van der Waals surface area (Å²) in [6.07, 6.45) is -34.6. The largest absolute Gasteiger partial charge is 0.633 e. The molecule has 0 N–H and O–H groups in total. The number of quaternary nitrogens is 1. The van der Waals surface area contributed by atoms with Crippen LogP contribution in [0.3, 0.4) is 0 Å². The molecule has 0 aliphatic rings. The second kappa shape index (κ2) is 7.89. The minimum atomic E-state index is -6.78. The van der Waals surface area contributed by atoms with Gasteiger partial charge in [0, 0.05) is 12.8 Å². The standard InChI is InChI=1S/C13H15F14NO/c1-28(2,29)4-3-7(5-8(14,10(16,17)18)11(19,20)21)6-9(15,12(22,23)24)13(25,26)27/h7H,3-6H2,1-2H3. The lowest BCUT2D eigenvalue weighted by Gasteiger charge is -2.39. The van der Waals surface area contributed by atoms with Gasteiger partial charge in [0.05, 0.1) is 20.6 Å². The average molecular weight is 467 g/mol. The highest BCUT2D eigenvalue weighted by Crippen LogP contribution is 2.54. The van der Waals surface area contributed by atoms with Crippen LogP contribution in [-0.4, -0.2) is 61.3 Å². The Bertz CT molecular complexity index is 470. The third-order valence-electron chi connectivity index (χ3n) is 4.01. The van der Waals surface area contributed by atoms with E-state index in [-0.39, 0.29) is 0 Å². The third kappa shape index (κ3) is 6.46. The first kappa shape index (κ1) is 27.9. The summed E-state index contributed by atoms with van der Waals surface area (Å²) in [7, 11) is 1.42. The summed E-state index contributed by atoms with van der Waals surface area (Å²) in [6, 6.07) is 0. The third-order valence-corrected chi connectivity index (χ3v) is 4.01. The molecule has 0 fully saturated rings. The molecule has 0 aromatic rings. The fraction of sp³-hybridized carbons (Fsp3) is 1.00. The molecule has 0 rings (SSSR count). The Hall–Kier alpha value is -1.06. The molecule has 0 aromatic carbocycles. The smallest absolute Gasteiger partial charge is 0.431 e. The fourth-order valence-electron chi connectivity index (χ4n) is 2.35. The molecule has 0 aromatic heterocycles. The molecular weight excluding hydrogens is 452 g/mol. The maximum Gasteiger partial charge on any atom is 0.431 e. The zero-order chi connectivity index (χ0) is 23.9. The van der Waals surface area contributed by atoms with Crippen molar-refractivity contribution in [3.63, 3.8) is 0 Å². The van der Waals surface area contributed by atoms with E-state index in [1.54, 1.807) is 0 Å². The van der Waals surface area contributed by atoms with Crippen molar-refractivity contribution in [3.05, 3.63) is 5.21 Å². The Balaban J connectivity index is 6.25. The van der Waals surface area contributed by atoms with Gasteiger partial charge in [0.25, 0.3) is 11.3 Å². The van der Waals surface area contributed by atoms with Gasteiger partial charge < -0.3 is 9.85 Å². The quantitative estimate of drug-likeness (QED) is 0.256. The summed E-state index contributed by atoms with van der Waals surface area (Å²) >= 11 is 0. The van der Waals surface area contributed by atoms with Gasteiger partial charge in [0.1, 0.15) is 0 Å². The van der Waals surface area contributed by atoms with E-state index in [4.69, 9.17) is 0 Å². The first-order valence-corrected chi connectivity index (χ1v) is 7.47. The van der Waals surface area contributed by atoms with Crippen molar-refractivity contribution in [2.75, 3.05) is 20.6 Å². The number of hydrogen-bond donors (Lipinski definition) is 0. The zero-order valence-corrected chi connectivity index (χ0v) is 14.6. The lowest BCUT2D eigenvalue weighted by Crippen LogP contribution is -2.57. The first-order chi connectivity index (χ1) is 12.3. The van der Waals surface area contributed by atoms with Gasteiger partial charge in [-0.05, 0) is 12.3 Å². The molecule has 0 atom stereocenters. The SMILES string of the molecule is C[N+](C)([O-])CCC(CC(F)(C(F)(F)F)C(F)(F)F)CC(F)(C(F)(F)F)C(F)(F)F. The van der Waals surface area contributed by atoms with Gasteiger partial charge in [-0.15, -0.1) is 0 Å². The molecule has 16 heteroatoms. The van der Waals surface area contributed by atoms with E-state index >= 15 is 0 Å². The predicted molar refractivity (Wildman–Crippen MR) is 69.6 cm³/mol. The second-order valence-corrected chi connectivity index (χ2v) is 6.95. The molecule has 29 heavy (non-hydrogen) atoms. The molecule has 176 valence electrons. The molecule has 0 spiro atoms. The van der Waals surface area contributed by atoms with Crippen LogP contribution in [0.5, 0.6) is 0 Å². The molecule has 0 aliphatic heterocycles.